The standard InChI is InChI=1S/C13H13N3O2/c17-16(18)11-6-4-10(5-7-11)14-15-13-8-9-2-1-3-12(9)13/h1-2,4-7,9,12,14H,3,8H2/b15-13+/t9-,12-/m1/s1. The number of fused-ring (bicyclic) bond motifs is 1. The lowest BCUT2D eigenvalue weighted by atomic mass is 9.74. The van der Waals surface area contributed by atoms with Gasteiger partial charge in [-0.2, -0.15) is 5.10 Å². The number of hydrogen-bond acceptors (Lipinski definition) is 4. The molecule has 2 atom stereocenters. The Morgan fingerprint density at radius 2 is 2.11 bits per heavy atom. The van der Waals surface area contributed by atoms with Crippen LogP contribution in [0, 0.1) is 22.0 Å². The molecule has 3 rings (SSSR count). The average Bonchev–Trinajstić information content (AvgIpc) is 2.72. The second-order valence-corrected chi connectivity index (χ2v) is 4.66. The molecule has 0 spiro atoms. The van der Waals surface area contributed by atoms with Crippen LogP contribution in [0.15, 0.2) is 41.5 Å². The van der Waals surface area contributed by atoms with Crippen molar-refractivity contribution in [2.24, 2.45) is 16.9 Å². The van der Waals surface area contributed by atoms with E-state index in [0.717, 1.165) is 18.5 Å². The molecule has 1 saturated carbocycles. The van der Waals surface area contributed by atoms with Crippen molar-refractivity contribution in [2.75, 3.05) is 5.43 Å². The van der Waals surface area contributed by atoms with Crippen molar-refractivity contribution in [1.82, 2.24) is 0 Å². The highest BCUT2D eigenvalue weighted by Crippen LogP contribution is 2.40. The first-order valence-corrected chi connectivity index (χ1v) is 5.97. The van der Waals surface area contributed by atoms with Crippen LogP contribution >= 0.6 is 0 Å². The monoisotopic (exact) mass is 243 g/mol. The SMILES string of the molecule is O=[N+]([O-])c1ccc(N/N=C2\C[C@H]3C=CC[C@@H]23)cc1. The Hall–Kier alpha value is -2.17. The topological polar surface area (TPSA) is 67.5 Å². The molecular formula is C13H13N3O2. The van der Waals surface area contributed by atoms with Gasteiger partial charge in [0.2, 0.25) is 0 Å². The largest absolute Gasteiger partial charge is 0.279 e. The predicted molar refractivity (Wildman–Crippen MR) is 69.5 cm³/mol. The summed E-state index contributed by atoms with van der Waals surface area (Å²) in [6.07, 6.45) is 6.59. The van der Waals surface area contributed by atoms with Crippen LogP contribution < -0.4 is 5.43 Å². The van der Waals surface area contributed by atoms with Gasteiger partial charge < -0.3 is 0 Å². The van der Waals surface area contributed by atoms with Crippen molar-refractivity contribution in [3.05, 3.63) is 46.5 Å². The lowest BCUT2D eigenvalue weighted by molar-refractivity contribution is -0.384. The van der Waals surface area contributed by atoms with Crippen molar-refractivity contribution in [1.29, 1.82) is 0 Å². The third-order valence-electron chi connectivity index (χ3n) is 3.57. The molecule has 0 unspecified atom stereocenters. The summed E-state index contributed by atoms with van der Waals surface area (Å²) in [7, 11) is 0. The summed E-state index contributed by atoms with van der Waals surface area (Å²) in [6.45, 7) is 0. The number of nitro benzene ring substituents is 1. The highest BCUT2D eigenvalue weighted by Gasteiger charge is 2.37. The van der Waals surface area contributed by atoms with E-state index in [1.165, 1.54) is 17.8 Å². The van der Waals surface area contributed by atoms with Crippen LogP contribution in [0.5, 0.6) is 0 Å². The van der Waals surface area contributed by atoms with E-state index in [0.29, 0.717) is 11.8 Å². The fourth-order valence-corrected chi connectivity index (χ4v) is 2.46. The molecule has 5 nitrogen and oxygen atoms in total. The number of anilines is 1. The average molecular weight is 243 g/mol. The van der Waals surface area contributed by atoms with E-state index in [2.05, 4.69) is 22.7 Å². The fourth-order valence-electron chi connectivity index (χ4n) is 2.46. The summed E-state index contributed by atoms with van der Waals surface area (Å²) in [5.74, 6) is 1.26. The number of benzene rings is 1. The molecule has 0 heterocycles. The van der Waals surface area contributed by atoms with Crippen molar-refractivity contribution < 1.29 is 4.92 Å². The number of non-ortho nitro benzene ring substituents is 1. The lowest BCUT2D eigenvalue weighted by Crippen LogP contribution is -2.33. The molecule has 1 aromatic rings. The van der Waals surface area contributed by atoms with Gasteiger partial charge in [-0.1, -0.05) is 12.2 Å². The van der Waals surface area contributed by atoms with Crippen molar-refractivity contribution in [3.63, 3.8) is 0 Å². The van der Waals surface area contributed by atoms with Gasteiger partial charge >= 0.3 is 0 Å². The molecule has 1 aromatic carbocycles. The van der Waals surface area contributed by atoms with E-state index in [9.17, 15) is 10.1 Å². The highest BCUT2D eigenvalue weighted by atomic mass is 16.6. The molecule has 92 valence electrons. The molecule has 0 aromatic heterocycles. The highest BCUT2D eigenvalue weighted by molar-refractivity contribution is 5.94. The maximum atomic E-state index is 10.5. The fraction of sp³-hybridized carbons (Fsp3) is 0.308. The smallest absolute Gasteiger partial charge is 0.269 e. The Balaban J connectivity index is 1.63. The van der Waals surface area contributed by atoms with Gasteiger partial charge in [0.05, 0.1) is 10.6 Å². The van der Waals surface area contributed by atoms with Gasteiger partial charge in [-0.3, -0.25) is 15.5 Å². The molecule has 2 aliphatic rings. The minimum Gasteiger partial charge on any atom is -0.279 e. The number of hydrazone groups is 1. The molecule has 0 amide bonds. The number of hydrogen-bond donors (Lipinski definition) is 1. The second kappa shape index (κ2) is 4.25. The number of nitrogens with one attached hydrogen (secondary N) is 1. The van der Waals surface area contributed by atoms with Gasteiger partial charge in [-0.15, -0.1) is 0 Å². The van der Waals surface area contributed by atoms with Gasteiger partial charge in [-0.05, 0) is 30.9 Å². The van der Waals surface area contributed by atoms with Crippen LogP contribution in [0.3, 0.4) is 0 Å². The predicted octanol–water partition coefficient (Wildman–Crippen LogP) is 2.96. The Labute approximate surface area is 104 Å². The van der Waals surface area contributed by atoms with Crippen LogP contribution in [0.25, 0.3) is 0 Å². The Bertz CT molecular complexity index is 534. The van der Waals surface area contributed by atoms with Crippen molar-refractivity contribution in [2.45, 2.75) is 12.8 Å². The molecule has 1 fully saturated rings. The Morgan fingerprint density at radius 1 is 1.33 bits per heavy atom. The first kappa shape index (κ1) is 11.0. The number of nitrogens with zero attached hydrogens (tertiary/aromatic N) is 2. The van der Waals surface area contributed by atoms with Crippen LogP contribution in [-0.4, -0.2) is 10.6 Å². The first-order chi connectivity index (χ1) is 8.74. The van der Waals surface area contributed by atoms with Crippen LogP contribution in [0.2, 0.25) is 0 Å². The van der Waals surface area contributed by atoms with Gasteiger partial charge in [-0.25, -0.2) is 0 Å². The Kier molecular flexibility index (Phi) is 2.59. The van der Waals surface area contributed by atoms with E-state index >= 15 is 0 Å². The summed E-state index contributed by atoms with van der Waals surface area (Å²) in [6, 6.07) is 6.29. The quantitative estimate of drug-likeness (QED) is 0.504. The van der Waals surface area contributed by atoms with Crippen LogP contribution in [0.1, 0.15) is 12.8 Å². The zero-order chi connectivity index (χ0) is 12.5. The summed E-state index contributed by atoms with van der Waals surface area (Å²) in [4.78, 5) is 10.1. The van der Waals surface area contributed by atoms with Gasteiger partial charge in [0.1, 0.15) is 0 Å². The zero-order valence-corrected chi connectivity index (χ0v) is 9.74. The van der Waals surface area contributed by atoms with Gasteiger partial charge in [0, 0.05) is 23.8 Å². The third-order valence-corrected chi connectivity index (χ3v) is 3.57. The van der Waals surface area contributed by atoms with E-state index in [1.54, 1.807) is 12.1 Å². The normalized spacial score (nSPS) is 26.8. The molecule has 0 saturated heterocycles. The molecule has 0 radical (unpaired) electrons. The summed E-state index contributed by atoms with van der Waals surface area (Å²) in [5, 5.41) is 14.9. The summed E-state index contributed by atoms with van der Waals surface area (Å²) >= 11 is 0. The maximum absolute atomic E-state index is 10.5. The minimum atomic E-state index is -0.406. The molecule has 1 N–H and O–H groups in total. The molecular weight excluding hydrogens is 230 g/mol. The molecule has 0 bridgehead atoms. The number of nitro groups is 1. The Morgan fingerprint density at radius 3 is 2.78 bits per heavy atom. The molecule has 0 aliphatic heterocycles. The molecule has 5 heteroatoms. The van der Waals surface area contributed by atoms with Crippen LogP contribution in [0.4, 0.5) is 11.4 Å². The number of rotatable bonds is 3. The van der Waals surface area contributed by atoms with Crippen molar-refractivity contribution >= 4 is 17.1 Å². The lowest BCUT2D eigenvalue weighted by Gasteiger charge is -2.31. The van der Waals surface area contributed by atoms with E-state index in [-0.39, 0.29) is 5.69 Å². The summed E-state index contributed by atoms with van der Waals surface area (Å²) < 4.78 is 0. The first-order valence-electron chi connectivity index (χ1n) is 5.97. The second-order valence-electron chi connectivity index (χ2n) is 4.66. The summed E-state index contributed by atoms with van der Waals surface area (Å²) in [5.41, 5.74) is 5.03. The van der Waals surface area contributed by atoms with Crippen LogP contribution in [-0.2, 0) is 0 Å². The van der Waals surface area contributed by atoms with E-state index in [1.807, 2.05) is 0 Å². The van der Waals surface area contributed by atoms with Gasteiger partial charge in [0.15, 0.2) is 0 Å². The zero-order valence-electron chi connectivity index (χ0n) is 9.74. The van der Waals surface area contributed by atoms with E-state index < -0.39 is 4.92 Å². The van der Waals surface area contributed by atoms with Gasteiger partial charge in [0.25, 0.3) is 5.69 Å². The minimum absolute atomic E-state index is 0.0944. The molecule has 2 aliphatic carbocycles. The van der Waals surface area contributed by atoms with Crippen molar-refractivity contribution in [3.8, 4) is 0 Å². The third kappa shape index (κ3) is 1.88. The van der Waals surface area contributed by atoms with E-state index in [4.69, 9.17) is 0 Å². The molecule has 18 heavy (non-hydrogen) atoms. The maximum Gasteiger partial charge on any atom is 0.269 e. The number of allylic oxidation sites excluding steroid dienone is 2.